The van der Waals surface area contributed by atoms with Crippen LogP contribution in [0, 0.1) is 0 Å². The van der Waals surface area contributed by atoms with Gasteiger partial charge in [0.05, 0.1) is 25.4 Å². The first-order valence-corrected chi connectivity index (χ1v) is 7.47. The minimum atomic E-state index is -0.917. The van der Waals surface area contributed by atoms with Crippen molar-refractivity contribution in [2.24, 2.45) is 0 Å². The summed E-state index contributed by atoms with van der Waals surface area (Å²) in [5, 5.41) is 11.2. The third-order valence-corrected chi connectivity index (χ3v) is 4.98. The summed E-state index contributed by atoms with van der Waals surface area (Å²) >= 11 is 0. The maximum atomic E-state index is 11.2. The number of aliphatic hydroxyl groups is 1. The van der Waals surface area contributed by atoms with E-state index < -0.39 is 5.60 Å². The van der Waals surface area contributed by atoms with Crippen molar-refractivity contribution < 1.29 is 14.6 Å². The molecule has 2 unspecified atom stereocenters. The minimum absolute atomic E-state index is 0.257. The standard InChI is InChI=1S/C15H23N3O3/c1-18-10-5-4-6-11(18)8-15(19,7-10)12-9-16-14(21-3)17-13(12)20-2/h9-11,19H,4-8H2,1-3H3. The highest BCUT2D eigenvalue weighted by Gasteiger charge is 2.46. The summed E-state index contributed by atoms with van der Waals surface area (Å²) in [4.78, 5) is 10.8. The molecule has 2 aliphatic heterocycles. The van der Waals surface area contributed by atoms with E-state index in [4.69, 9.17) is 9.47 Å². The molecule has 6 nitrogen and oxygen atoms in total. The van der Waals surface area contributed by atoms with Crippen LogP contribution in [-0.4, -0.2) is 53.3 Å². The van der Waals surface area contributed by atoms with Gasteiger partial charge in [0, 0.05) is 18.3 Å². The number of fused-ring (bicyclic) bond motifs is 2. The van der Waals surface area contributed by atoms with Gasteiger partial charge in [-0.25, -0.2) is 4.98 Å². The lowest BCUT2D eigenvalue weighted by molar-refractivity contribution is -0.0888. The van der Waals surface area contributed by atoms with Gasteiger partial charge in [0.25, 0.3) is 0 Å². The Morgan fingerprint density at radius 3 is 2.48 bits per heavy atom. The number of ether oxygens (including phenoxy) is 2. The van der Waals surface area contributed by atoms with E-state index in [1.165, 1.54) is 13.5 Å². The molecular formula is C15H23N3O3. The number of aromatic nitrogens is 2. The second-order valence-electron chi connectivity index (χ2n) is 6.12. The fourth-order valence-corrected chi connectivity index (χ4v) is 3.79. The molecule has 0 aliphatic carbocycles. The van der Waals surface area contributed by atoms with Crippen LogP contribution in [0.15, 0.2) is 6.20 Å². The van der Waals surface area contributed by atoms with Gasteiger partial charge in [0.1, 0.15) is 0 Å². The first kappa shape index (κ1) is 14.5. The Kier molecular flexibility index (Phi) is 3.75. The highest BCUT2D eigenvalue weighted by Crippen LogP contribution is 2.45. The van der Waals surface area contributed by atoms with Crippen molar-refractivity contribution in [3.05, 3.63) is 11.8 Å². The fraction of sp³-hybridized carbons (Fsp3) is 0.733. The van der Waals surface area contributed by atoms with Crippen molar-refractivity contribution >= 4 is 0 Å². The highest BCUT2D eigenvalue weighted by atomic mass is 16.5. The number of nitrogens with zero attached hydrogens (tertiary/aromatic N) is 3. The van der Waals surface area contributed by atoms with E-state index in [1.54, 1.807) is 13.3 Å². The molecule has 1 N–H and O–H groups in total. The van der Waals surface area contributed by atoms with Crippen molar-refractivity contribution in [2.45, 2.75) is 49.8 Å². The fourth-order valence-electron chi connectivity index (χ4n) is 3.79. The van der Waals surface area contributed by atoms with Crippen molar-refractivity contribution in [1.29, 1.82) is 0 Å². The highest BCUT2D eigenvalue weighted by molar-refractivity contribution is 5.32. The average Bonchev–Trinajstić information content (AvgIpc) is 2.48. The van der Waals surface area contributed by atoms with E-state index in [0.717, 1.165) is 12.8 Å². The van der Waals surface area contributed by atoms with E-state index in [1.807, 2.05) is 0 Å². The number of methoxy groups -OCH3 is 2. The Labute approximate surface area is 125 Å². The van der Waals surface area contributed by atoms with Crippen LogP contribution >= 0.6 is 0 Å². The molecule has 2 saturated heterocycles. The van der Waals surface area contributed by atoms with Gasteiger partial charge in [-0.1, -0.05) is 6.42 Å². The van der Waals surface area contributed by atoms with Crippen molar-refractivity contribution in [3.8, 4) is 11.9 Å². The predicted molar refractivity (Wildman–Crippen MR) is 77.5 cm³/mol. The monoisotopic (exact) mass is 293 g/mol. The Morgan fingerprint density at radius 2 is 1.90 bits per heavy atom. The third-order valence-electron chi connectivity index (χ3n) is 4.98. The maximum Gasteiger partial charge on any atom is 0.319 e. The Hall–Kier alpha value is -1.40. The molecular weight excluding hydrogens is 270 g/mol. The average molecular weight is 293 g/mol. The number of hydrogen-bond acceptors (Lipinski definition) is 6. The lowest BCUT2D eigenvalue weighted by atomic mass is 9.73. The van der Waals surface area contributed by atoms with Crippen LogP contribution in [0.2, 0.25) is 0 Å². The van der Waals surface area contributed by atoms with E-state index >= 15 is 0 Å². The molecule has 2 fully saturated rings. The molecule has 3 rings (SSSR count). The smallest absolute Gasteiger partial charge is 0.319 e. The Balaban J connectivity index is 1.95. The Morgan fingerprint density at radius 1 is 1.24 bits per heavy atom. The number of hydrogen-bond donors (Lipinski definition) is 1. The Bertz CT molecular complexity index is 509. The summed E-state index contributed by atoms with van der Waals surface area (Å²) in [6, 6.07) is 1.08. The summed E-state index contributed by atoms with van der Waals surface area (Å²) < 4.78 is 10.4. The van der Waals surface area contributed by atoms with Crippen LogP contribution < -0.4 is 9.47 Å². The minimum Gasteiger partial charge on any atom is -0.481 e. The molecule has 6 heteroatoms. The van der Waals surface area contributed by atoms with Gasteiger partial charge in [-0.3, -0.25) is 0 Å². The van der Waals surface area contributed by atoms with Crippen molar-refractivity contribution in [3.63, 3.8) is 0 Å². The van der Waals surface area contributed by atoms with Gasteiger partial charge < -0.3 is 19.5 Å². The summed E-state index contributed by atoms with van der Waals surface area (Å²) in [7, 11) is 5.24. The summed E-state index contributed by atoms with van der Waals surface area (Å²) in [6.45, 7) is 0. The zero-order valence-corrected chi connectivity index (χ0v) is 12.9. The maximum absolute atomic E-state index is 11.2. The lowest BCUT2D eigenvalue weighted by Gasteiger charge is -2.50. The van der Waals surface area contributed by atoms with E-state index in [-0.39, 0.29) is 6.01 Å². The van der Waals surface area contributed by atoms with E-state index in [2.05, 4.69) is 21.9 Å². The van der Waals surface area contributed by atoms with Gasteiger partial charge in [-0.15, -0.1) is 0 Å². The number of piperidine rings is 2. The molecule has 0 spiro atoms. The lowest BCUT2D eigenvalue weighted by Crippen LogP contribution is -2.55. The molecule has 0 radical (unpaired) electrons. The molecule has 2 bridgehead atoms. The van der Waals surface area contributed by atoms with Gasteiger partial charge in [0.15, 0.2) is 0 Å². The molecule has 0 saturated carbocycles. The molecule has 1 aromatic heterocycles. The second-order valence-corrected chi connectivity index (χ2v) is 6.12. The van der Waals surface area contributed by atoms with Crippen LogP contribution in [-0.2, 0) is 5.60 Å². The van der Waals surface area contributed by atoms with Crippen molar-refractivity contribution in [1.82, 2.24) is 14.9 Å². The summed E-state index contributed by atoms with van der Waals surface area (Å²) in [6.07, 6.45) is 6.55. The predicted octanol–water partition coefficient (Wildman–Crippen LogP) is 1.33. The topological polar surface area (TPSA) is 67.7 Å². The van der Waals surface area contributed by atoms with Crippen LogP contribution in [0.25, 0.3) is 0 Å². The molecule has 116 valence electrons. The SMILES string of the molecule is COc1ncc(C2(O)CC3CCCC(C2)N3C)c(OC)n1. The molecule has 21 heavy (non-hydrogen) atoms. The molecule has 3 heterocycles. The molecule has 0 amide bonds. The van der Waals surface area contributed by atoms with Gasteiger partial charge in [0.2, 0.25) is 5.88 Å². The van der Waals surface area contributed by atoms with Gasteiger partial charge in [-0.2, -0.15) is 4.98 Å². The van der Waals surface area contributed by atoms with Crippen LogP contribution in [0.4, 0.5) is 0 Å². The summed E-state index contributed by atoms with van der Waals surface area (Å²) in [5.74, 6) is 0.409. The molecule has 2 aliphatic rings. The van der Waals surface area contributed by atoms with Gasteiger partial charge in [-0.05, 0) is 32.7 Å². The largest absolute Gasteiger partial charge is 0.481 e. The normalized spacial score (nSPS) is 32.8. The van der Waals surface area contributed by atoms with E-state index in [9.17, 15) is 5.11 Å². The zero-order chi connectivity index (χ0) is 15.0. The third kappa shape index (κ3) is 2.46. The second kappa shape index (κ2) is 5.42. The van der Waals surface area contributed by atoms with Gasteiger partial charge >= 0.3 is 6.01 Å². The van der Waals surface area contributed by atoms with Crippen LogP contribution in [0.1, 0.15) is 37.7 Å². The van der Waals surface area contributed by atoms with Crippen LogP contribution in [0.5, 0.6) is 11.9 Å². The molecule has 2 atom stereocenters. The quantitative estimate of drug-likeness (QED) is 0.907. The summed E-state index contributed by atoms with van der Waals surface area (Å²) in [5.41, 5.74) is -0.240. The van der Waals surface area contributed by atoms with Crippen molar-refractivity contribution in [2.75, 3.05) is 21.3 Å². The van der Waals surface area contributed by atoms with Crippen LogP contribution in [0.3, 0.4) is 0 Å². The first-order chi connectivity index (χ1) is 10.1. The molecule has 1 aromatic rings. The van der Waals surface area contributed by atoms with E-state index in [0.29, 0.717) is 36.4 Å². The first-order valence-electron chi connectivity index (χ1n) is 7.47. The number of rotatable bonds is 3. The molecule has 0 aromatic carbocycles. The zero-order valence-electron chi connectivity index (χ0n) is 12.9.